The first kappa shape index (κ1) is 17.5. The molecule has 0 saturated heterocycles. The van der Waals surface area contributed by atoms with Crippen LogP contribution in [0.2, 0.25) is 0 Å². The molecule has 0 bridgehead atoms. The number of aliphatic hydroxyl groups is 1. The Morgan fingerprint density at radius 2 is 1.87 bits per heavy atom. The highest BCUT2D eigenvalue weighted by Gasteiger charge is 2.08. The molecule has 0 saturated carbocycles. The van der Waals surface area contributed by atoms with Crippen molar-refractivity contribution in [3.63, 3.8) is 0 Å². The van der Waals surface area contributed by atoms with Crippen LogP contribution in [-0.4, -0.2) is 16.7 Å². The van der Waals surface area contributed by atoms with Crippen LogP contribution in [0.5, 0.6) is 5.75 Å². The maximum atomic E-state index is 10.1. The van der Waals surface area contributed by atoms with Gasteiger partial charge in [0, 0.05) is 6.20 Å². The first-order valence-corrected chi connectivity index (χ1v) is 8.60. The lowest BCUT2D eigenvalue weighted by molar-refractivity contribution is 0.163. The van der Waals surface area contributed by atoms with Crippen LogP contribution in [0.25, 0.3) is 0 Å². The molecule has 0 aliphatic carbocycles. The second kappa shape index (κ2) is 10.0. The molecular weight excluding hydrogens is 286 g/mol. The first-order valence-electron chi connectivity index (χ1n) is 8.60. The fraction of sp³-hybridized carbons (Fsp3) is 0.450. The van der Waals surface area contributed by atoms with Crippen LogP contribution in [0, 0.1) is 0 Å². The maximum absolute atomic E-state index is 10.1. The Morgan fingerprint density at radius 3 is 2.57 bits per heavy atom. The lowest BCUT2D eigenvalue weighted by Crippen LogP contribution is -2.02. The number of benzene rings is 1. The molecule has 1 N–H and O–H groups in total. The van der Waals surface area contributed by atoms with E-state index in [4.69, 9.17) is 4.74 Å². The number of nitrogens with zero attached hydrogens (tertiary/aromatic N) is 1. The van der Waals surface area contributed by atoms with Gasteiger partial charge in [-0.05, 0) is 49.1 Å². The van der Waals surface area contributed by atoms with Gasteiger partial charge in [-0.25, -0.2) is 0 Å². The average molecular weight is 313 g/mol. The number of hydrogen-bond acceptors (Lipinski definition) is 3. The van der Waals surface area contributed by atoms with E-state index in [0.29, 0.717) is 6.42 Å². The number of ether oxygens (including phenoxy) is 1. The van der Waals surface area contributed by atoms with E-state index in [2.05, 4.69) is 24.0 Å². The molecule has 0 aliphatic rings. The lowest BCUT2D eigenvalue weighted by Gasteiger charge is -2.10. The van der Waals surface area contributed by atoms with Gasteiger partial charge in [0.15, 0.2) is 0 Å². The number of hydrogen-bond donors (Lipinski definition) is 1. The predicted molar refractivity (Wildman–Crippen MR) is 93.6 cm³/mol. The third-order valence-corrected chi connectivity index (χ3v) is 3.93. The number of rotatable bonds is 10. The number of aryl methyl sites for hydroxylation is 1. The second-order valence-corrected chi connectivity index (χ2v) is 5.86. The highest BCUT2D eigenvalue weighted by atomic mass is 16.5. The van der Waals surface area contributed by atoms with Crippen molar-refractivity contribution in [2.45, 2.75) is 51.6 Å². The molecule has 2 rings (SSSR count). The van der Waals surface area contributed by atoms with Crippen molar-refractivity contribution in [1.82, 2.24) is 4.98 Å². The van der Waals surface area contributed by atoms with Gasteiger partial charge in [0.05, 0.1) is 18.4 Å². The Bertz CT molecular complexity index is 539. The minimum absolute atomic E-state index is 0.509. The summed E-state index contributed by atoms with van der Waals surface area (Å²) in [5, 5.41) is 10.1. The Hall–Kier alpha value is -1.87. The molecule has 0 aliphatic heterocycles. The summed E-state index contributed by atoms with van der Waals surface area (Å²) in [7, 11) is 0. The zero-order valence-electron chi connectivity index (χ0n) is 13.9. The second-order valence-electron chi connectivity index (χ2n) is 5.86. The molecule has 1 unspecified atom stereocenters. The normalized spacial score (nSPS) is 12.1. The van der Waals surface area contributed by atoms with Gasteiger partial charge in [-0.2, -0.15) is 0 Å². The predicted octanol–water partition coefficient (Wildman–Crippen LogP) is 4.71. The van der Waals surface area contributed by atoms with E-state index in [9.17, 15) is 5.11 Å². The van der Waals surface area contributed by atoms with Crippen LogP contribution in [0.3, 0.4) is 0 Å². The van der Waals surface area contributed by atoms with Crippen molar-refractivity contribution < 1.29 is 9.84 Å². The zero-order chi connectivity index (χ0) is 16.3. The molecule has 0 spiro atoms. The van der Waals surface area contributed by atoms with Gasteiger partial charge < -0.3 is 9.84 Å². The highest BCUT2D eigenvalue weighted by molar-refractivity contribution is 5.27. The topological polar surface area (TPSA) is 42.4 Å². The van der Waals surface area contributed by atoms with Gasteiger partial charge in [0.1, 0.15) is 5.75 Å². The molecule has 0 fully saturated rings. The SMILES string of the molecule is CCCCCCOc1ccc(CCC(O)c2ccccn2)cc1. The van der Waals surface area contributed by atoms with Crippen LogP contribution in [0.15, 0.2) is 48.7 Å². The van der Waals surface area contributed by atoms with Crippen molar-refractivity contribution >= 4 is 0 Å². The van der Waals surface area contributed by atoms with E-state index >= 15 is 0 Å². The molecule has 1 aromatic carbocycles. The Labute approximate surface area is 139 Å². The quantitative estimate of drug-likeness (QED) is 0.646. The van der Waals surface area contributed by atoms with Crippen molar-refractivity contribution in [3.8, 4) is 5.75 Å². The molecule has 3 nitrogen and oxygen atoms in total. The van der Waals surface area contributed by atoms with E-state index in [1.54, 1.807) is 6.20 Å². The minimum atomic E-state index is -0.509. The summed E-state index contributed by atoms with van der Waals surface area (Å²) in [5.41, 5.74) is 1.94. The Balaban J connectivity index is 1.72. The van der Waals surface area contributed by atoms with E-state index < -0.39 is 6.10 Å². The van der Waals surface area contributed by atoms with Crippen molar-refractivity contribution in [3.05, 3.63) is 59.9 Å². The minimum Gasteiger partial charge on any atom is -0.494 e. The summed E-state index contributed by atoms with van der Waals surface area (Å²) in [6, 6.07) is 13.8. The van der Waals surface area contributed by atoms with Gasteiger partial charge in [0.2, 0.25) is 0 Å². The summed E-state index contributed by atoms with van der Waals surface area (Å²) >= 11 is 0. The summed E-state index contributed by atoms with van der Waals surface area (Å²) < 4.78 is 5.74. The van der Waals surface area contributed by atoms with Gasteiger partial charge in [-0.3, -0.25) is 4.98 Å². The fourth-order valence-electron chi connectivity index (χ4n) is 2.50. The van der Waals surface area contributed by atoms with Gasteiger partial charge in [-0.1, -0.05) is 44.4 Å². The van der Waals surface area contributed by atoms with Crippen LogP contribution in [0.1, 0.15) is 56.4 Å². The van der Waals surface area contributed by atoms with Crippen LogP contribution < -0.4 is 4.74 Å². The standard InChI is InChI=1S/C20H27NO2/c1-2-3-4-7-16-23-18-12-9-17(10-13-18)11-14-20(22)19-8-5-6-15-21-19/h5-6,8-10,12-13,15,20,22H,2-4,7,11,14,16H2,1H3. The summed E-state index contributed by atoms with van der Waals surface area (Å²) in [6.07, 6.45) is 7.59. The van der Waals surface area contributed by atoms with Crippen molar-refractivity contribution in [2.24, 2.45) is 0 Å². The molecule has 1 aromatic heterocycles. The third kappa shape index (κ3) is 6.41. The first-order chi connectivity index (χ1) is 11.3. The van der Waals surface area contributed by atoms with Crippen LogP contribution in [-0.2, 0) is 6.42 Å². The molecular formula is C20H27NO2. The number of unbranched alkanes of at least 4 members (excludes halogenated alkanes) is 3. The van der Waals surface area contributed by atoms with Crippen molar-refractivity contribution in [1.29, 1.82) is 0 Å². The molecule has 23 heavy (non-hydrogen) atoms. The number of pyridine rings is 1. The molecule has 124 valence electrons. The number of aliphatic hydroxyl groups excluding tert-OH is 1. The molecule has 0 radical (unpaired) electrons. The molecule has 1 heterocycles. The van der Waals surface area contributed by atoms with Gasteiger partial charge in [-0.15, -0.1) is 0 Å². The highest BCUT2D eigenvalue weighted by Crippen LogP contribution is 2.19. The molecule has 2 aromatic rings. The third-order valence-electron chi connectivity index (χ3n) is 3.93. The van der Waals surface area contributed by atoms with E-state index in [0.717, 1.165) is 30.9 Å². The lowest BCUT2D eigenvalue weighted by atomic mass is 10.0. The zero-order valence-corrected chi connectivity index (χ0v) is 13.9. The molecule has 0 amide bonds. The molecule has 1 atom stereocenters. The summed E-state index contributed by atoms with van der Waals surface area (Å²) in [4.78, 5) is 4.19. The number of aromatic nitrogens is 1. The van der Waals surface area contributed by atoms with E-state index in [1.165, 1.54) is 24.8 Å². The smallest absolute Gasteiger partial charge is 0.119 e. The van der Waals surface area contributed by atoms with Crippen LogP contribution >= 0.6 is 0 Å². The van der Waals surface area contributed by atoms with Gasteiger partial charge >= 0.3 is 0 Å². The van der Waals surface area contributed by atoms with Crippen molar-refractivity contribution in [2.75, 3.05) is 6.61 Å². The van der Waals surface area contributed by atoms with Gasteiger partial charge in [0.25, 0.3) is 0 Å². The monoisotopic (exact) mass is 313 g/mol. The largest absolute Gasteiger partial charge is 0.494 e. The van der Waals surface area contributed by atoms with E-state index in [-0.39, 0.29) is 0 Å². The fourth-order valence-corrected chi connectivity index (χ4v) is 2.50. The van der Waals surface area contributed by atoms with Crippen LogP contribution in [0.4, 0.5) is 0 Å². The Morgan fingerprint density at radius 1 is 1.04 bits per heavy atom. The molecule has 3 heteroatoms. The van der Waals surface area contributed by atoms with E-state index in [1.807, 2.05) is 30.3 Å². The Kier molecular flexibility index (Phi) is 7.61. The average Bonchev–Trinajstić information content (AvgIpc) is 2.61. The summed E-state index contributed by atoms with van der Waals surface area (Å²) in [5.74, 6) is 0.926. The summed E-state index contributed by atoms with van der Waals surface area (Å²) in [6.45, 7) is 3.00. The maximum Gasteiger partial charge on any atom is 0.119 e.